The van der Waals surface area contributed by atoms with Crippen LogP contribution in [0.15, 0.2) is 10.6 Å². The monoisotopic (exact) mass is 169 g/mol. The molecule has 5 nitrogen and oxygen atoms in total. The van der Waals surface area contributed by atoms with Crippen molar-refractivity contribution in [3.8, 4) is 0 Å². The summed E-state index contributed by atoms with van der Waals surface area (Å²) < 4.78 is 4.81. The predicted molar refractivity (Wildman–Crippen MR) is 42.5 cm³/mol. The van der Waals surface area contributed by atoms with Crippen LogP contribution in [-0.2, 0) is 6.54 Å². The molecule has 2 N–H and O–H groups in total. The van der Waals surface area contributed by atoms with E-state index in [4.69, 9.17) is 4.52 Å². The number of aromatic nitrogens is 1. The second kappa shape index (κ2) is 3.75. The van der Waals surface area contributed by atoms with E-state index in [9.17, 15) is 4.79 Å². The zero-order valence-electron chi connectivity index (χ0n) is 7.05. The molecule has 0 bridgehead atoms. The molecule has 1 heterocycles. The number of nitrogens with one attached hydrogen (secondary N) is 2. The molecule has 0 saturated heterocycles. The van der Waals surface area contributed by atoms with Crippen LogP contribution in [0.1, 0.15) is 11.5 Å². The van der Waals surface area contributed by atoms with Crippen molar-refractivity contribution in [2.45, 2.75) is 13.5 Å². The Kier molecular flexibility index (Phi) is 2.68. The molecule has 2 amide bonds. The fraction of sp³-hybridized carbons (Fsp3) is 0.429. The largest absolute Gasteiger partial charge is 0.361 e. The number of amides is 2. The van der Waals surface area contributed by atoms with E-state index in [1.807, 2.05) is 0 Å². The molecule has 0 spiro atoms. The fourth-order valence-electron chi connectivity index (χ4n) is 0.760. The normalized spacial score (nSPS) is 9.50. The summed E-state index contributed by atoms with van der Waals surface area (Å²) in [5, 5.41) is 8.73. The number of hydrogen-bond acceptors (Lipinski definition) is 3. The van der Waals surface area contributed by atoms with Crippen molar-refractivity contribution < 1.29 is 9.32 Å². The van der Waals surface area contributed by atoms with Crippen molar-refractivity contribution >= 4 is 6.03 Å². The maximum absolute atomic E-state index is 10.7. The van der Waals surface area contributed by atoms with Gasteiger partial charge in [0.05, 0.1) is 6.54 Å². The molecule has 1 aromatic rings. The minimum atomic E-state index is -0.226. The van der Waals surface area contributed by atoms with Gasteiger partial charge in [-0.15, -0.1) is 0 Å². The minimum Gasteiger partial charge on any atom is -0.361 e. The van der Waals surface area contributed by atoms with Gasteiger partial charge in [-0.05, 0) is 6.92 Å². The van der Waals surface area contributed by atoms with Crippen LogP contribution in [0, 0.1) is 6.92 Å². The van der Waals surface area contributed by atoms with Gasteiger partial charge in [0.15, 0.2) is 0 Å². The molecule has 0 unspecified atom stereocenters. The van der Waals surface area contributed by atoms with Crippen LogP contribution in [0.5, 0.6) is 0 Å². The first-order chi connectivity index (χ1) is 5.72. The summed E-state index contributed by atoms with van der Waals surface area (Å²) in [6.07, 6.45) is 0. The van der Waals surface area contributed by atoms with Crippen molar-refractivity contribution in [1.29, 1.82) is 0 Å². The summed E-state index contributed by atoms with van der Waals surface area (Å²) in [4.78, 5) is 10.7. The zero-order valence-corrected chi connectivity index (χ0v) is 7.05. The molecule has 0 aliphatic carbocycles. The SMILES string of the molecule is CNC(=O)NCc1cc(C)on1. The number of rotatable bonds is 2. The lowest BCUT2D eigenvalue weighted by Crippen LogP contribution is -2.32. The van der Waals surface area contributed by atoms with Gasteiger partial charge in [-0.1, -0.05) is 5.16 Å². The van der Waals surface area contributed by atoms with E-state index in [2.05, 4.69) is 15.8 Å². The third-order valence-electron chi connectivity index (χ3n) is 1.33. The molecule has 12 heavy (non-hydrogen) atoms. The van der Waals surface area contributed by atoms with Gasteiger partial charge < -0.3 is 15.2 Å². The Morgan fingerprint density at radius 2 is 2.50 bits per heavy atom. The molecule has 0 aliphatic rings. The Bertz CT molecular complexity index is 269. The van der Waals surface area contributed by atoms with Crippen molar-refractivity contribution in [1.82, 2.24) is 15.8 Å². The summed E-state index contributed by atoms with van der Waals surface area (Å²) >= 11 is 0. The van der Waals surface area contributed by atoms with E-state index in [0.717, 1.165) is 11.5 Å². The number of nitrogens with zero attached hydrogens (tertiary/aromatic N) is 1. The van der Waals surface area contributed by atoms with Gasteiger partial charge in [-0.25, -0.2) is 4.79 Å². The van der Waals surface area contributed by atoms with Gasteiger partial charge in [-0.3, -0.25) is 0 Å². The molecule has 0 atom stereocenters. The first-order valence-corrected chi connectivity index (χ1v) is 3.60. The van der Waals surface area contributed by atoms with E-state index >= 15 is 0 Å². The molecule has 0 saturated carbocycles. The second-order valence-electron chi connectivity index (χ2n) is 2.36. The lowest BCUT2D eigenvalue weighted by atomic mass is 10.4. The van der Waals surface area contributed by atoms with Gasteiger partial charge in [0, 0.05) is 13.1 Å². The Balaban J connectivity index is 2.38. The highest BCUT2D eigenvalue weighted by molar-refractivity contribution is 5.73. The minimum absolute atomic E-state index is 0.226. The fourth-order valence-corrected chi connectivity index (χ4v) is 0.760. The molecule has 5 heteroatoms. The number of carbonyl (C=O) groups is 1. The van der Waals surface area contributed by atoms with E-state index in [1.165, 1.54) is 0 Å². The summed E-state index contributed by atoms with van der Waals surface area (Å²) in [5.74, 6) is 0.740. The number of hydrogen-bond donors (Lipinski definition) is 2. The molecule has 1 aromatic heterocycles. The lowest BCUT2D eigenvalue weighted by Gasteiger charge is -1.99. The second-order valence-corrected chi connectivity index (χ2v) is 2.36. The van der Waals surface area contributed by atoms with Crippen molar-refractivity contribution in [2.75, 3.05) is 7.05 Å². The van der Waals surface area contributed by atoms with Gasteiger partial charge in [-0.2, -0.15) is 0 Å². The van der Waals surface area contributed by atoms with Crippen LogP contribution in [-0.4, -0.2) is 18.2 Å². The number of urea groups is 1. The maximum atomic E-state index is 10.7. The van der Waals surface area contributed by atoms with Crippen LogP contribution < -0.4 is 10.6 Å². The first kappa shape index (κ1) is 8.58. The average Bonchev–Trinajstić information content (AvgIpc) is 2.47. The quantitative estimate of drug-likeness (QED) is 0.673. The average molecular weight is 169 g/mol. The maximum Gasteiger partial charge on any atom is 0.314 e. The highest BCUT2D eigenvalue weighted by Crippen LogP contribution is 1.99. The third kappa shape index (κ3) is 2.26. The molecule has 1 rings (SSSR count). The Morgan fingerprint density at radius 1 is 1.75 bits per heavy atom. The van der Waals surface area contributed by atoms with E-state index in [0.29, 0.717) is 6.54 Å². The summed E-state index contributed by atoms with van der Waals surface area (Å²) in [5.41, 5.74) is 0.719. The topological polar surface area (TPSA) is 67.2 Å². The van der Waals surface area contributed by atoms with Crippen molar-refractivity contribution in [2.24, 2.45) is 0 Å². The molecule has 0 fully saturated rings. The van der Waals surface area contributed by atoms with Gasteiger partial charge in [0.2, 0.25) is 0 Å². The molecule has 0 aromatic carbocycles. The summed E-state index contributed by atoms with van der Waals surface area (Å²) in [6.45, 7) is 2.19. The molecular formula is C7H11N3O2. The highest BCUT2D eigenvalue weighted by Gasteiger charge is 2.01. The van der Waals surface area contributed by atoms with Crippen molar-refractivity contribution in [3.05, 3.63) is 17.5 Å². The summed E-state index contributed by atoms with van der Waals surface area (Å²) in [6, 6.07) is 1.55. The zero-order chi connectivity index (χ0) is 8.97. The van der Waals surface area contributed by atoms with Crippen LogP contribution in [0.4, 0.5) is 4.79 Å². The van der Waals surface area contributed by atoms with E-state index in [-0.39, 0.29) is 6.03 Å². The first-order valence-electron chi connectivity index (χ1n) is 3.60. The number of carbonyl (C=O) groups excluding carboxylic acids is 1. The van der Waals surface area contributed by atoms with Gasteiger partial charge >= 0.3 is 6.03 Å². The molecular weight excluding hydrogens is 158 g/mol. The van der Waals surface area contributed by atoms with Gasteiger partial charge in [0.25, 0.3) is 0 Å². The smallest absolute Gasteiger partial charge is 0.314 e. The van der Waals surface area contributed by atoms with Crippen molar-refractivity contribution in [3.63, 3.8) is 0 Å². The Hall–Kier alpha value is -1.52. The van der Waals surface area contributed by atoms with Crippen LogP contribution >= 0.6 is 0 Å². The van der Waals surface area contributed by atoms with E-state index < -0.39 is 0 Å². The van der Waals surface area contributed by atoms with Crippen LogP contribution in [0.3, 0.4) is 0 Å². The van der Waals surface area contributed by atoms with Crippen LogP contribution in [0.25, 0.3) is 0 Å². The third-order valence-corrected chi connectivity index (χ3v) is 1.33. The molecule has 66 valence electrons. The Labute approximate surface area is 70.1 Å². The van der Waals surface area contributed by atoms with Crippen LogP contribution in [0.2, 0.25) is 0 Å². The highest BCUT2D eigenvalue weighted by atomic mass is 16.5. The molecule has 0 aliphatic heterocycles. The van der Waals surface area contributed by atoms with Gasteiger partial charge in [0.1, 0.15) is 11.5 Å². The summed E-state index contributed by atoms with van der Waals surface area (Å²) in [7, 11) is 1.56. The van der Waals surface area contributed by atoms with E-state index in [1.54, 1.807) is 20.0 Å². The standard InChI is InChI=1S/C7H11N3O2/c1-5-3-6(10-12-5)4-9-7(11)8-2/h3H,4H2,1-2H3,(H2,8,9,11). The lowest BCUT2D eigenvalue weighted by molar-refractivity contribution is 0.242. The Morgan fingerprint density at radius 3 is 3.00 bits per heavy atom. The molecule has 0 radical (unpaired) electrons. The predicted octanol–water partition coefficient (Wildman–Crippen LogP) is 0.412. The number of aryl methyl sites for hydroxylation is 1.